The molecule has 1 aliphatic heterocycles. The van der Waals surface area contributed by atoms with Crippen molar-refractivity contribution in [1.29, 1.82) is 0 Å². The van der Waals surface area contributed by atoms with Gasteiger partial charge in [0.2, 0.25) is 11.8 Å². The van der Waals surface area contributed by atoms with Crippen LogP contribution in [0.3, 0.4) is 0 Å². The summed E-state index contributed by atoms with van der Waals surface area (Å²) < 4.78 is 9.65. The van der Waals surface area contributed by atoms with Crippen LogP contribution in [0.25, 0.3) is 0 Å². The first-order chi connectivity index (χ1) is 14.8. The Balaban J connectivity index is 1.79. The number of hydrogen-bond donors (Lipinski definition) is 3. The van der Waals surface area contributed by atoms with Crippen LogP contribution in [0.4, 0.5) is 4.79 Å². The minimum Gasteiger partial charge on any atom is -0.466 e. The number of carbonyl (C=O) groups is 4. The van der Waals surface area contributed by atoms with Crippen LogP contribution in [0.5, 0.6) is 0 Å². The molecule has 0 aromatic rings. The van der Waals surface area contributed by atoms with Gasteiger partial charge in [0, 0.05) is 30.5 Å². The largest absolute Gasteiger partial charge is 0.466 e. The lowest BCUT2D eigenvalue weighted by Crippen LogP contribution is -2.55. The SMILES string of the molecule is CCOC(=O)CCN1C(=O)[C@H]2[C@H]3[C@H](O)[C@H](O)CC(=NNC(=O)OCC)[C@@H]3CC[C@H]2C1=O. The van der Waals surface area contributed by atoms with E-state index in [9.17, 15) is 29.4 Å². The summed E-state index contributed by atoms with van der Waals surface area (Å²) in [5.74, 6) is -3.84. The molecule has 3 fully saturated rings. The van der Waals surface area contributed by atoms with Crippen LogP contribution in [0.15, 0.2) is 5.10 Å². The number of aliphatic hydroxyl groups excluding tert-OH is 2. The highest BCUT2D eigenvalue weighted by Gasteiger charge is 2.59. The molecule has 6 atom stereocenters. The zero-order valence-corrected chi connectivity index (χ0v) is 17.7. The van der Waals surface area contributed by atoms with E-state index in [1.165, 1.54) is 0 Å². The highest BCUT2D eigenvalue weighted by atomic mass is 16.6. The van der Waals surface area contributed by atoms with Gasteiger partial charge in [-0.1, -0.05) is 0 Å². The number of carbonyl (C=O) groups excluding carboxylic acids is 4. The van der Waals surface area contributed by atoms with Crippen molar-refractivity contribution in [2.75, 3.05) is 19.8 Å². The van der Waals surface area contributed by atoms with E-state index in [0.717, 1.165) is 4.90 Å². The van der Waals surface area contributed by atoms with E-state index in [4.69, 9.17) is 9.47 Å². The summed E-state index contributed by atoms with van der Waals surface area (Å²) in [5.41, 5.74) is 2.73. The van der Waals surface area contributed by atoms with E-state index in [1.54, 1.807) is 13.8 Å². The molecule has 0 unspecified atom stereocenters. The molecule has 11 heteroatoms. The third-order valence-electron chi connectivity index (χ3n) is 6.28. The lowest BCUT2D eigenvalue weighted by atomic mass is 9.60. The van der Waals surface area contributed by atoms with Crippen LogP contribution >= 0.6 is 0 Å². The number of nitrogens with one attached hydrogen (secondary N) is 1. The van der Waals surface area contributed by atoms with Crippen molar-refractivity contribution in [3.63, 3.8) is 0 Å². The van der Waals surface area contributed by atoms with E-state index < -0.39 is 47.9 Å². The number of hydrogen-bond acceptors (Lipinski definition) is 9. The van der Waals surface area contributed by atoms with Gasteiger partial charge in [0.25, 0.3) is 0 Å². The van der Waals surface area contributed by atoms with Crippen molar-refractivity contribution in [1.82, 2.24) is 10.3 Å². The van der Waals surface area contributed by atoms with Gasteiger partial charge in [-0.25, -0.2) is 10.2 Å². The molecule has 172 valence electrons. The highest BCUT2D eigenvalue weighted by molar-refractivity contribution is 6.06. The predicted octanol–water partition coefficient (Wildman–Crippen LogP) is -0.205. The average molecular weight is 439 g/mol. The smallest absolute Gasteiger partial charge is 0.427 e. The fraction of sp³-hybridized carbons (Fsp3) is 0.750. The molecule has 0 aromatic carbocycles. The molecular formula is C20H29N3O8. The molecule has 1 saturated heterocycles. The zero-order valence-electron chi connectivity index (χ0n) is 17.7. The van der Waals surface area contributed by atoms with Gasteiger partial charge in [-0.05, 0) is 26.7 Å². The molecule has 3 aliphatic rings. The molecule has 0 aromatic heterocycles. The maximum absolute atomic E-state index is 13.1. The van der Waals surface area contributed by atoms with Crippen LogP contribution in [0.2, 0.25) is 0 Å². The van der Waals surface area contributed by atoms with Crippen molar-refractivity contribution in [3.8, 4) is 0 Å². The standard InChI is InChI=1S/C20H29N3O8/c1-3-30-14(25)7-8-23-18(27)11-6-5-10-12(21-22-20(29)31-4-2)9-13(24)17(26)15(10)16(11)19(23)28/h10-11,13,15-17,24,26H,3-9H2,1-2H3,(H,22,29)/t10-,11+,13+,15-,16+,17+/m0/s1. The fourth-order valence-electron chi connectivity index (χ4n) is 5.00. The number of hydrazone groups is 1. The molecule has 0 bridgehead atoms. The summed E-state index contributed by atoms with van der Waals surface area (Å²) in [6.07, 6.45) is -2.29. The monoisotopic (exact) mass is 439 g/mol. The van der Waals surface area contributed by atoms with Crippen LogP contribution in [0, 0.1) is 23.7 Å². The number of likely N-dealkylation sites (tertiary alicyclic amines) is 1. The molecule has 31 heavy (non-hydrogen) atoms. The first-order valence-corrected chi connectivity index (χ1v) is 10.7. The second-order valence-electron chi connectivity index (χ2n) is 7.97. The Labute approximate surface area is 179 Å². The predicted molar refractivity (Wildman–Crippen MR) is 105 cm³/mol. The quantitative estimate of drug-likeness (QED) is 0.292. The Morgan fingerprint density at radius 1 is 1.10 bits per heavy atom. The summed E-state index contributed by atoms with van der Waals surface area (Å²) in [6.45, 7) is 3.63. The van der Waals surface area contributed by atoms with Gasteiger partial charge in [0.15, 0.2) is 0 Å². The number of imide groups is 1. The number of aliphatic hydroxyl groups is 2. The third kappa shape index (κ3) is 4.57. The van der Waals surface area contributed by atoms with Gasteiger partial charge < -0.3 is 19.7 Å². The molecular weight excluding hydrogens is 410 g/mol. The van der Waals surface area contributed by atoms with Gasteiger partial charge in [-0.2, -0.15) is 5.10 Å². The first kappa shape index (κ1) is 23.1. The summed E-state index contributed by atoms with van der Waals surface area (Å²) in [6, 6.07) is 0. The Bertz CT molecular complexity index is 770. The Kier molecular flexibility index (Phi) is 7.26. The fourth-order valence-corrected chi connectivity index (χ4v) is 5.00. The van der Waals surface area contributed by atoms with Gasteiger partial charge in [0.05, 0.1) is 43.7 Å². The van der Waals surface area contributed by atoms with Crippen molar-refractivity contribution >= 4 is 29.6 Å². The van der Waals surface area contributed by atoms with Crippen LogP contribution in [-0.4, -0.2) is 76.7 Å². The molecule has 2 saturated carbocycles. The van der Waals surface area contributed by atoms with E-state index in [-0.39, 0.29) is 44.4 Å². The van der Waals surface area contributed by atoms with Gasteiger partial charge in [-0.15, -0.1) is 0 Å². The van der Waals surface area contributed by atoms with E-state index in [0.29, 0.717) is 18.6 Å². The maximum Gasteiger partial charge on any atom is 0.427 e. The maximum atomic E-state index is 13.1. The number of ether oxygens (including phenoxy) is 2. The van der Waals surface area contributed by atoms with Crippen LogP contribution < -0.4 is 5.43 Å². The van der Waals surface area contributed by atoms with Crippen LogP contribution in [-0.2, 0) is 23.9 Å². The second kappa shape index (κ2) is 9.73. The topological polar surface area (TPSA) is 155 Å². The van der Waals surface area contributed by atoms with Gasteiger partial charge >= 0.3 is 12.1 Å². The van der Waals surface area contributed by atoms with Crippen LogP contribution in [0.1, 0.15) is 39.5 Å². The van der Waals surface area contributed by atoms with Crippen molar-refractivity contribution in [2.24, 2.45) is 28.8 Å². The first-order valence-electron chi connectivity index (χ1n) is 10.7. The molecule has 3 N–H and O–H groups in total. The molecule has 2 aliphatic carbocycles. The normalized spacial score (nSPS) is 33.7. The molecule has 1 heterocycles. The summed E-state index contributed by atoms with van der Waals surface area (Å²) in [4.78, 5) is 50.3. The number of fused-ring (bicyclic) bond motifs is 3. The van der Waals surface area contributed by atoms with Gasteiger partial charge in [-0.3, -0.25) is 19.3 Å². The molecule has 0 spiro atoms. The summed E-state index contributed by atoms with van der Waals surface area (Å²) >= 11 is 0. The molecule has 3 amide bonds. The van der Waals surface area contributed by atoms with E-state index in [2.05, 4.69) is 10.5 Å². The highest BCUT2D eigenvalue weighted by Crippen LogP contribution is 2.49. The Hall–Kier alpha value is -2.53. The molecule has 3 rings (SSSR count). The summed E-state index contributed by atoms with van der Waals surface area (Å²) in [7, 11) is 0. The lowest BCUT2D eigenvalue weighted by Gasteiger charge is -2.45. The number of rotatable bonds is 6. The zero-order chi connectivity index (χ0) is 22.7. The van der Waals surface area contributed by atoms with Crippen molar-refractivity contribution in [3.05, 3.63) is 0 Å². The molecule has 11 nitrogen and oxygen atoms in total. The van der Waals surface area contributed by atoms with Crippen molar-refractivity contribution in [2.45, 2.75) is 51.7 Å². The number of esters is 1. The van der Waals surface area contributed by atoms with Gasteiger partial charge in [0.1, 0.15) is 0 Å². The third-order valence-corrected chi connectivity index (χ3v) is 6.28. The Morgan fingerprint density at radius 2 is 1.77 bits per heavy atom. The number of amides is 3. The van der Waals surface area contributed by atoms with Crippen molar-refractivity contribution < 1.29 is 38.9 Å². The minimum absolute atomic E-state index is 0.0425. The lowest BCUT2D eigenvalue weighted by molar-refractivity contribution is -0.145. The number of nitrogens with zero attached hydrogens (tertiary/aromatic N) is 2. The Morgan fingerprint density at radius 3 is 2.45 bits per heavy atom. The minimum atomic E-state index is -1.21. The summed E-state index contributed by atoms with van der Waals surface area (Å²) in [5, 5.41) is 25.2. The van der Waals surface area contributed by atoms with E-state index in [1.807, 2.05) is 0 Å². The molecule has 0 radical (unpaired) electrons. The average Bonchev–Trinajstić information content (AvgIpc) is 2.98. The van der Waals surface area contributed by atoms with E-state index >= 15 is 0 Å². The second-order valence-corrected chi connectivity index (χ2v) is 7.97.